The van der Waals surface area contributed by atoms with Gasteiger partial charge in [-0.15, -0.1) is 0 Å². The van der Waals surface area contributed by atoms with Gasteiger partial charge in [-0.3, -0.25) is 9.69 Å². The lowest BCUT2D eigenvalue weighted by Gasteiger charge is -2.34. The first-order valence-corrected chi connectivity index (χ1v) is 7.10. The molecule has 1 aromatic carbocycles. The van der Waals surface area contributed by atoms with E-state index in [-0.39, 0.29) is 17.8 Å². The molecule has 1 amide bonds. The van der Waals surface area contributed by atoms with E-state index in [1.54, 1.807) is 12.1 Å². The van der Waals surface area contributed by atoms with Crippen molar-refractivity contribution < 1.29 is 13.9 Å². The number of hydrogen-bond acceptors (Lipinski definition) is 4. The quantitative estimate of drug-likeness (QED) is 0.827. The van der Waals surface area contributed by atoms with E-state index in [1.165, 1.54) is 12.1 Å². The molecule has 1 saturated heterocycles. The molecule has 0 aliphatic carbocycles. The van der Waals surface area contributed by atoms with Gasteiger partial charge < -0.3 is 15.4 Å². The minimum atomic E-state index is -0.337. The number of primary amides is 1. The number of nitrogens with two attached hydrogens (primary N) is 1. The minimum Gasteiger partial charge on any atom is -0.378 e. The Labute approximate surface area is 124 Å². The van der Waals surface area contributed by atoms with Gasteiger partial charge in [0.25, 0.3) is 0 Å². The van der Waals surface area contributed by atoms with Gasteiger partial charge in [0.05, 0.1) is 13.2 Å². The Morgan fingerprint density at radius 1 is 1.48 bits per heavy atom. The van der Waals surface area contributed by atoms with E-state index in [4.69, 9.17) is 10.5 Å². The number of carbonyl (C=O) groups excluding carboxylic acids is 1. The molecule has 2 N–H and O–H groups in total. The normalized spacial score (nSPS) is 19.9. The lowest BCUT2D eigenvalue weighted by molar-refractivity contribution is -0.129. The van der Waals surface area contributed by atoms with Crippen molar-refractivity contribution in [3.05, 3.63) is 35.6 Å². The molecule has 0 bridgehead atoms. The zero-order valence-electron chi connectivity index (χ0n) is 12.3. The Bertz CT molecular complexity index is 466. The first-order valence-electron chi connectivity index (χ1n) is 7.10. The van der Waals surface area contributed by atoms with E-state index < -0.39 is 0 Å². The van der Waals surface area contributed by atoms with Crippen molar-refractivity contribution in [2.45, 2.75) is 12.6 Å². The van der Waals surface area contributed by atoms with E-state index in [9.17, 15) is 9.18 Å². The number of carbonyl (C=O) groups is 1. The number of rotatable bonds is 6. The molecule has 1 aromatic rings. The van der Waals surface area contributed by atoms with Gasteiger partial charge in [-0.2, -0.15) is 0 Å². The largest absolute Gasteiger partial charge is 0.378 e. The molecule has 1 aliphatic rings. The Balaban J connectivity index is 1.81. The number of morpholine rings is 1. The summed E-state index contributed by atoms with van der Waals surface area (Å²) in [7, 11) is 2.00. The second kappa shape index (κ2) is 7.49. The Hall–Kier alpha value is -1.50. The molecule has 116 valence electrons. The maximum Gasteiger partial charge on any atom is 0.237 e. The summed E-state index contributed by atoms with van der Waals surface area (Å²) >= 11 is 0. The summed E-state index contributed by atoms with van der Waals surface area (Å²) in [5.74, 6) is -0.560. The van der Waals surface area contributed by atoms with Crippen molar-refractivity contribution in [3.8, 4) is 0 Å². The van der Waals surface area contributed by atoms with Crippen LogP contribution in [-0.4, -0.2) is 61.6 Å². The molecule has 0 radical (unpaired) electrons. The summed E-state index contributed by atoms with van der Waals surface area (Å²) in [6, 6.07) is 6.17. The van der Waals surface area contributed by atoms with Crippen molar-refractivity contribution in [2.24, 2.45) is 5.73 Å². The predicted molar refractivity (Wildman–Crippen MR) is 78.1 cm³/mol. The van der Waals surface area contributed by atoms with Gasteiger partial charge >= 0.3 is 0 Å². The summed E-state index contributed by atoms with van der Waals surface area (Å²) in [5, 5.41) is 0. The molecule has 1 atom stereocenters. The summed E-state index contributed by atoms with van der Waals surface area (Å²) in [6.07, 6.45) is 0. The fourth-order valence-electron chi connectivity index (χ4n) is 2.45. The predicted octanol–water partition coefficient (Wildman–Crippen LogP) is 0.444. The number of amides is 1. The molecule has 21 heavy (non-hydrogen) atoms. The first-order chi connectivity index (χ1) is 10.1. The molecule has 1 fully saturated rings. The molecule has 0 saturated carbocycles. The molecule has 0 spiro atoms. The zero-order chi connectivity index (χ0) is 15.2. The van der Waals surface area contributed by atoms with Crippen LogP contribution in [0.25, 0.3) is 0 Å². The van der Waals surface area contributed by atoms with Crippen molar-refractivity contribution in [1.82, 2.24) is 9.80 Å². The molecule has 6 heteroatoms. The molecular weight excluding hydrogens is 273 g/mol. The van der Waals surface area contributed by atoms with Crippen LogP contribution in [0.4, 0.5) is 4.39 Å². The number of ether oxygens (including phenoxy) is 1. The maximum absolute atomic E-state index is 12.9. The first kappa shape index (κ1) is 15.9. The topological polar surface area (TPSA) is 58.8 Å². The van der Waals surface area contributed by atoms with E-state index in [2.05, 4.69) is 9.80 Å². The highest BCUT2D eigenvalue weighted by Crippen LogP contribution is 2.08. The third kappa shape index (κ3) is 4.77. The van der Waals surface area contributed by atoms with E-state index >= 15 is 0 Å². The molecule has 1 heterocycles. The lowest BCUT2D eigenvalue weighted by Crippen LogP contribution is -2.53. The van der Waals surface area contributed by atoms with Crippen molar-refractivity contribution in [2.75, 3.05) is 39.9 Å². The molecule has 5 nitrogen and oxygen atoms in total. The van der Waals surface area contributed by atoms with Crippen LogP contribution in [0.15, 0.2) is 24.3 Å². The van der Waals surface area contributed by atoms with Gasteiger partial charge in [-0.05, 0) is 24.7 Å². The monoisotopic (exact) mass is 295 g/mol. The van der Waals surface area contributed by atoms with Crippen LogP contribution in [0.2, 0.25) is 0 Å². The van der Waals surface area contributed by atoms with Crippen LogP contribution in [0, 0.1) is 5.82 Å². The van der Waals surface area contributed by atoms with Gasteiger partial charge in [0.15, 0.2) is 0 Å². The highest BCUT2D eigenvalue weighted by atomic mass is 19.1. The third-order valence-electron chi connectivity index (χ3n) is 3.70. The number of hydrogen-bond donors (Lipinski definition) is 1. The SMILES string of the molecule is CN(CCN1CCOCC1C(N)=O)Cc1ccc(F)cc1. The molecule has 1 unspecified atom stereocenters. The summed E-state index contributed by atoms with van der Waals surface area (Å²) in [4.78, 5) is 15.6. The Morgan fingerprint density at radius 3 is 2.86 bits per heavy atom. The van der Waals surface area contributed by atoms with Crippen LogP contribution in [0.1, 0.15) is 5.56 Å². The summed E-state index contributed by atoms with van der Waals surface area (Å²) in [6.45, 7) is 4.03. The summed E-state index contributed by atoms with van der Waals surface area (Å²) < 4.78 is 18.2. The van der Waals surface area contributed by atoms with Crippen LogP contribution in [0.3, 0.4) is 0 Å². The highest BCUT2D eigenvalue weighted by molar-refractivity contribution is 5.80. The maximum atomic E-state index is 12.9. The highest BCUT2D eigenvalue weighted by Gasteiger charge is 2.27. The van der Waals surface area contributed by atoms with Gasteiger partial charge in [0, 0.05) is 26.2 Å². The molecule has 1 aliphatic heterocycles. The Kier molecular flexibility index (Phi) is 5.67. The number of halogens is 1. The van der Waals surface area contributed by atoms with Crippen LogP contribution in [0.5, 0.6) is 0 Å². The van der Waals surface area contributed by atoms with Gasteiger partial charge in [0.1, 0.15) is 11.9 Å². The molecule has 0 aromatic heterocycles. The Morgan fingerprint density at radius 2 is 2.19 bits per heavy atom. The fourth-order valence-corrected chi connectivity index (χ4v) is 2.45. The standard InChI is InChI=1S/C15H22FN3O2/c1-18(10-12-2-4-13(16)5-3-12)6-7-19-8-9-21-11-14(19)15(17)20/h2-5,14H,6-11H2,1H3,(H2,17,20). The van der Waals surface area contributed by atoms with E-state index in [0.29, 0.717) is 13.2 Å². The smallest absolute Gasteiger partial charge is 0.237 e. The summed E-state index contributed by atoms with van der Waals surface area (Å²) in [5.41, 5.74) is 6.45. The third-order valence-corrected chi connectivity index (χ3v) is 3.70. The van der Waals surface area contributed by atoms with Crippen molar-refractivity contribution in [1.29, 1.82) is 0 Å². The van der Waals surface area contributed by atoms with Crippen LogP contribution < -0.4 is 5.73 Å². The number of nitrogens with zero attached hydrogens (tertiary/aromatic N) is 2. The fraction of sp³-hybridized carbons (Fsp3) is 0.533. The number of benzene rings is 1. The van der Waals surface area contributed by atoms with Gasteiger partial charge in [0.2, 0.25) is 5.91 Å². The average molecular weight is 295 g/mol. The second-order valence-electron chi connectivity index (χ2n) is 5.39. The lowest BCUT2D eigenvalue weighted by atomic mass is 10.2. The minimum absolute atomic E-state index is 0.223. The van der Waals surface area contributed by atoms with Gasteiger partial charge in [-0.25, -0.2) is 4.39 Å². The molecule has 2 rings (SSSR count). The average Bonchev–Trinajstić information content (AvgIpc) is 2.48. The van der Waals surface area contributed by atoms with Gasteiger partial charge in [-0.1, -0.05) is 12.1 Å². The molecular formula is C15H22FN3O2. The second-order valence-corrected chi connectivity index (χ2v) is 5.39. The number of likely N-dealkylation sites (N-methyl/N-ethyl adjacent to an activating group) is 1. The van der Waals surface area contributed by atoms with E-state index in [1.807, 2.05) is 7.05 Å². The van der Waals surface area contributed by atoms with Crippen molar-refractivity contribution >= 4 is 5.91 Å². The van der Waals surface area contributed by atoms with Crippen LogP contribution >= 0.6 is 0 Å². The van der Waals surface area contributed by atoms with Crippen LogP contribution in [-0.2, 0) is 16.1 Å². The zero-order valence-corrected chi connectivity index (χ0v) is 12.3. The van der Waals surface area contributed by atoms with E-state index in [0.717, 1.165) is 31.7 Å². The van der Waals surface area contributed by atoms with Crippen molar-refractivity contribution in [3.63, 3.8) is 0 Å².